The van der Waals surface area contributed by atoms with Gasteiger partial charge in [0.05, 0.1) is 33.3 Å². The van der Waals surface area contributed by atoms with Crippen LogP contribution in [0.5, 0.6) is 0 Å². The van der Waals surface area contributed by atoms with Gasteiger partial charge in [0.15, 0.2) is 5.76 Å². The number of halogens is 1. The summed E-state index contributed by atoms with van der Waals surface area (Å²) in [6, 6.07) is 3.56. The molecule has 3 fully saturated rings. The van der Waals surface area contributed by atoms with Crippen LogP contribution in [0.4, 0.5) is 0 Å². The van der Waals surface area contributed by atoms with Gasteiger partial charge in [0.2, 0.25) is 17.7 Å². The van der Waals surface area contributed by atoms with Crippen LogP contribution in [0, 0.1) is 11.8 Å². The van der Waals surface area contributed by atoms with Crippen molar-refractivity contribution in [1.29, 1.82) is 0 Å². The van der Waals surface area contributed by atoms with E-state index < -0.39 is 5.92 Å². The monoisotopic (exact) mass is 448 g/mol. The summed E-state index contributed by atoms with van der Waals surface area (Å²) in [5.41, 5.74) is 0. The third-order valence-electron chi connectivity index (χ3n) is 6.52. The molecule has 3 aliphatic rings. The van der Waals surface area contributed by atoms with Crippen molar-refractivity contribution in [2.75, 3.05) is 33.7 Å². The molecule has 4 atom stereocenters. The van der Waals surface area contributed by atoms with Crippen molar-refractivity contribution in [1.82, 2.24) is 19.7 Å². The van der Waals surface area contributed by atoms with E-state index in [9.17, 15) is 9.59 Å². The van der Waals surface area contributed by atoms with E-state index >= 15 is 0 Å². The molecule has 0 unspecified atom stereocenters. The molecule has 0 aliphatic carbocycles. The van der Waals surface area contributed by atoms with Gasteiger partial charge in [-0.2, -0.15) is 0 Å². The largest absolute Gasteiger partial charge is 0.438 e. The molecule has 9 heteroatoms. The van der Waals surface area contributed by atoms with Gasteiger partial charge in [-0.3, -0.25) is 19.4 Å². The number of hydrogen-bond donors (Lipinski definition) is 0. The van der Waals surface area contributed by atoms with E-state index in [0.717, 1.165) is 37.2 Å². The molecule has 7 nitrogen and oxygen atoms in total. The summed E-state index contributed by atoms with van der Waals surface area (Å²) in [5, 5.41) is 0. The van der Waals surface area contributed by atoms with Crippen LogP contribution in [0.25, 0.3) is 10.6 Å². The van der Waals surface area contributed by atoms with E-state index in [2.05, 4.69) is 14.8 Å². The number of imide groups is 1. The highest BCUT2D eigenvalue weighted by atomic mass is 35.5. The van der Waals surface area contributed by atoms with Crippen molar-refractivity contribution in [3.63, 3.8) is 0 Å². The van der Waals surface area contributed by atoms with E-state index in [1.807, 2.05) is 26.2 Å². The van der Waals surface area contributed by atoms with E-state index in [4.69, 9.17) is 16.0 Å². The van der Waals surface area contributed by atoms with Crippen molar-refractivity contribution >= 4 is 34.8 Å². The smallest absolute Gasteiger partial charge is 0.235 e. The van der Waals surface area contributed by atoms with Gasteiger partial charge in [0.1, 0.15) is 0 Å². The molecule has 0 saturated carbocycles. The average molecular weight is 449 g/mol. The highest BCUT2D eigenvalue weighted by Gasteiger charge is 2.64. The molecule has 160 valence electrons. The molecule has 2 aromatic rings. The summed E-state index contributed by atoms with van der Waals surface area (Å²) < 4.78 is 6.81. The number of carbonyl (C=O) groups is 2. The quantitative estimate of drug-likeness (QED) is 0.632. The fourth-order valence-electron chi connectivity index (χ4n) is 5.31. The third kappa shape index (κ3) is 3.21. The lowest BCUT2D eigenvalue weighted by Crippen LogP contribution is -2.40. The maximum atomic E-state index is 13.3. The Morgan fingerprint density at radius 2 is 2.07 bits per heavy atom. The molecule has 5 rings (SSSR count). The van der Waals surface area contributed by atoms with Gasteiger partial charge in [0, 0.05) is 12.6 Å². The number of likely N-dealkylation sites (tertiary alicyclic amines) is 1. The zero-order valence-electron chi connectivity index (χ0n) is 17.1. The number of nitrogens with zero attached hydrogens (tertiary/aromatic N) is 4. The minimum absolute atomic E-state index is 0.0139. The summed E-state index contributed by atoms with van der Waals surface area (Å²) in [4.78, 5) is 37.9. The van der Waals surface area contributed by atoms with Gasteiger partial charge >= 0.3 is 0 Å². The molecule has 2 amide bonds. The molecule has 3 aliphatic heterocycles. The predicted octanol–water partition coefficient (Wildman–Crippen LogP) is 3.13. The van der Waals surface area contributed by atoms with Crippen LogP contribution in [0.2, 0.25) is 4.34 Å². The zero-order chi connectivity index (χ0) is 21.0. The molecular formula is C21H25ClN4O3S. The Hall–Kier alpha value is -1.74. The second-order valence-electron chi connectivity index (χ2n) is 8.60. The first-order chi connectivity index (χ1) is 14.5. The summed E-state index contributed by atoms with van der Waals surface area (Å²) in [5.74, 6) is 0.421. The molecule has 2 aromatic heterocycles. The number of fused-ring (bicyclic) bond motifs is 3. The first-order valence-corrected chi connectivity index (χ1v) is 11.6. The van der Waals surface area contributed by atoms with Gasteiger partial charge in [0.25, 0.3) is 0 Å². The summed E-state index contributed by atoms with van der Waals surface area (Å²) in [6.07, 6.45) is 4.45. The van der Waals surface area contributed by atoms with Crippen molar-refractivity contribution in [3.05, 3.63) is 28.6 Å². The number of carbonyl (C=O) groups excluding carboxylic acids is 2. The molecule has 5 heterocycles. The summed E-state index contributed by atoms with van der Waals surface area (Å²) >= 11 is 7.49. The Bertz CT molecular complexity index is 973. The minimum Gasteiger partial charge on any atom is -0.438 e. The Kier molecular flexibility index (Phi) is 5.21. The molecule has 0 N–H and O–H groups in total. The minimum atomic E-state index is -0.402. The van der Waals surface area contributed by atoms with Gasteiger partial charge in [-0.25, -0.2) is 4.98 Å². The lowest BCUT2D eigenvalue weighted by Gasteiger charge is -2.26. The molecule has 3 saturated heterocycles. The fraction of sp³-hybridized carbons (Fsp3) is 0.571. The van der Waals surface area contributed by atoms with E-state index in [1.54, 1.807) is 6.20 Å². The maximum absolute atomic E-state index is 13.3. The number of oxazole rings is 1. The second kappa shape index (κ2) is 7.75. The number of thiophene rings is 1. The predicted molar refractivity (Wildman–Crippen MR) is 114 cm³/mol. The van der Waals surface area contributed by atoms with Crippen LogP contribution in [-0.4, -0.2) is 71.3 Å². The Morgan fingerprint density at radius 1 is 1.27 bits per heavy atom. The zero-order valence-corrected chi connectivity index (χ0v) is 18.7. The fourth-order valence-corrected chi connectivity index (χ4v) is 6.30. The molecule has 0 bridgehead atoms. The standard InChI is InChI=1S/C21H25ClN4O3S/c1-24(2)8-4-10-26-20(27)16-12-5-3-9-25(12)18(17(16)21(26)28)19-23-11-13(29-19)14-6-7-15(22)30-14/h6-7,11-12,16-18H,3-5,8-10H2,1-2H3/t12-,16-,17-,18+/m0/s1. The van der Waals surface area contributed by atoms with Crippen molar-refractivity contribution in [2.45, 2.75) is 31.3 Å². The van der Waals surface area contributed by atoms with Crippen LogP contribution in [-0.2, 0) is 9.59 Å². The number of amides is 2. The highest BCUT2D eigenvalue weighted by Crippen LogP contribution is 2.53. The molecule has 30 heavy (non-hydrogen) atoms. The average Bonchev–Trinajstić information content (AvgIpc) is 3.47. The first kappa shape index (κ1) is 20.2. The third-order valence-corrected chi connectivity index (χ3v) is 7.77. The highest BCUT2D eigenvalue weighted by molar-refractivity contribution is 7.19. The van der Waals surface area contributed by atoms with Crippen LogP contribution in [0.15, 0.2) is 22.7 Å². The number of aromatic nitrogens is 1. The molecule has 0 aromatic carbocycles. The van der Waals surface area contributed by atoms with Crippen LogP contribution >= 0.6 is 22.9 Å². The normalized spacial score (nSPS) is 28.7. The van der Waals surface area contributed by atoms with Crippen LogP contribution in [0.1, 0.15) is 31.2 Å². The van der Waals surface area contributed by atoms with E-state index in [1.165, 1.54) is 16.2 Å². The van der Waals surface area contributed by atoms with Crippen LogP contribution < -0.4 is 0 Å². The topological polar surface area (TPSA) is 69.9 Å². The summed E-state index contributed by atoms with van der Waals surface area (Å²) in [7, 11) is 3.99. The Morgan fingerprint density at radius 3 is 2.80 bits per heavy atom. The second-order valence-corrected chi connectivity index (χ2v) is 10.3. The lowest BCUT2D eigenvalue weighted by atomic mass is 9.88. The molecule has 0 radical (unpaired) electrons. The van der Waals surface area contributed by atoms with Crippen molar-refractivity contribution in [3.8, 4) is 10.6 Å². The van der Waals surface area contributed by atoms with Gasteiger partial charge in [-0.05, 0) is 58.6 Å². The number of rotatable bonds is 6. The van der Waals surface area contributed by atoms with Gasteiger partial charge < -0.3 is 9.32 Å². The lowest BCUT2D eigenvalue weighted by molar-refractivity contribution is -0.141. The van der Waals surface area contributed by atoms with E-state index in [-0.39, 0.29) is 29.8 Å². The van der Waals surface area contributed by atoms with Crippen molar-refractivity contribution in [2.24, 2.45) is 11.8 Å². The van der Waals surface area contributed by atoms with Crippen LogP contribution in [0.3, 0.4) is 0 Å². The molecule has 0 spiro atoms. The van der Waals surface area contributed by atoms with Gasteiger partial charge in [-0.1, -0.05) is 11.6 Å². The van der Waals surface area contributed by atoms with Crippen molar-refractivity contribution < 1.29 is 14.0 Å². The first-order valence-electron chi connectivity index (χ1n) is 10.4. The number of hydrogen-bond acceptors (Lipinski definition) is 7. The Labute approximate surface area is 184 Å². The SMILES string of the molecule is CN(C)CCCN1C(=O)[C@@H]2[C@H](C1=O)[C@H](c1ncc(-c3ccc(Cl)s3)o1)N1CCC[C@@H]21. The Balaban J connectivity index is 1.43. The van der Waals surface area contributed by atoms with Gasteiger partial charge in [-0.15, -0.1) is 11.3 Å². The molecular weight excluding hydrogens is 424 g/mol. The maximum Gasteiger partial charge on any atom is 0.235 e. The van der Waals surface area contributed by atoms with E-state index in [0.29, 0.717) is 22.5 Å². The summed E-state index contributed by atoms with van der Waals surface area (Å²) in [6.45, 7) is 2.19.